The molecule has 0 aromatic carbocycles. The fourth-order valence-corrected chi connectivity index (χ4v) is 1.45. The van der Waals surface area contributed by atoms with Crippen LogP contribution in [-0.4, -0.2) is 36.4 Å². The molecule has 0 spiro atoms. The zero-order chi connectivity index (χ0) is 9.97. The molecule has 78 valence electrons. The Morgan fingerprint density at radius 3 is 2.86 bits per heavy atom. The normalized spacial score (nSPS) is 30.5. The first-order chi connectivity index (χ1) is 6.75. The highest BCUT2D eigenvalue weighted by molar-refractivity contribution is 5.91. The molecule has 0 unspecified atom stereocenters. The predicted molar refractivity (Wildman–Crippen MR) is 47.2 cm³/mol. The molecule has 1 saturated carbocycles. The molecular weight excluding hydrogens is 186 g/mol. The molecule has 0 bridgehead atoms. The maximum absolute atomic E-state index is 11.4. The molecule has 0 aromatic rings. The topological polar surface area (TPSA) is 67.8 Å². The van der Waals surface area contributed by atoms with Gasteiger partial charge in [0.05, 0.1) is 6.10 Å². The zero-order valence-electron chi connectivity index (χ0n) is 7.73. The van der Waals surface area contributed by atoms with Crippen LogP contribution in [0.1, 0.15) is 12.8 Å². The number of amides is 1. The van der Waals surface area contributed by atoms with E-state index in [0.717, 1.165) is 0 Å². The quantitative estimate of drug-likeness (QED) is 0.630. The van der Waals surface area contributed by atoms with Crippen molar-refractivity contribution in [1.82, 2.24) is 5.32 Å². The highest BCUT2D eigenvalue weighted by Gasteiger charge is 2.29. The average molecular weight is 199 g/mol. The molecule has 0 atom stereocenters. The summed E-state index contributed by atoms with van der Waals surface area (Å²) in [4.78, 5) is 11.4. The second kappa shape index (κ2) is 3.88. The Kier molecular flexibility index (Phi) is 2.58. The van der Waals surface area contributed by atoms with Crippen molar-refractivity contribution in [3.8, 4) is 0 Å². The molecular formula is C9H13NO4. The summed E-state index contributed by atoms with van der Waals surface area (Å²) in [6, 6.07) is 0.0731. The summed E-state index contributed by atoms with van der Waals surface area (Å²) < 4.78 is 10.1. The van der Waals surface area contributed by atoms with E-state index in [2.05, 4.69) is 5.32 Å². The van der Waals surface area contributed by atoms with Crippen molar-refractivity contribution >= 4 is 5.91 Å². The van der Waals surface area contributed by atoms with Gasteiger partial charge in [-0.2, -0.15) is 0 Å². The number of aliphatic hydroxyl groups is 1. The average Bonchev–Trinajstić information content (AvgIpc) is 2.17. The van der Waals surface area contributed by atoms with Crippen molar-refractivity contribution in [2.75, 3.05) is 13.2 Å². The first-order valence-electron chi connectivity index (χ1n) is 4.69. The van der Waals surface area contributed by atoms with Gasteiger partial charge in [0.25, 0.3) is 5.91 Å². The maximum atomic E-state index is 11.4. The molecule has 1 aliphatic carbocycles. The van der Waals surface area contributed by atoms with Crippen LogP contribution in [0.2, 0.25) is 0 Å². The second-order valence-electron chi connectivity index (χ2n) is 3.50. The third-order valence-electron chi connectivity index (χ3n) is 2.32. The van der Waals surface area contributed by atoms with Crippen molar-refractivity contribution < 1.29 is 19.4 Å². The van der Waals surface area contributed by atoms with Gasteiger partial charge in [-0.3, -0.25) is 4.79 Å². The number of aliphatic hydroxyl groups excluding tert-OH is 1. The van der Waals surface area contributed by atoms with Crippen molar-refractivity contribution in [2.45, 2.75) is 25.0 Å². The van der Waals surface area contributed by atoms with Crippen LogP contribution in [0.4, 0.5) is 0 Å². The summed E-state index contributed by atoms with van der Waals surface area (Å²) >= 11 is 0. The summed E-state index contributed by atoms with van der Waals surface area (Å²) in [5.41, 5.74) is 0. The number of ether oxygens (including phenoxy) is 2. The zero-order valence-corrected chi connectivity index (χ0v) is 7.73. The van der Waals surface area contributed by atoms with E-state index >= 15 is 0 Å². The molecule has 0 aromatic heterocycles. The smallest absolute Gasteiger partial charge is 0.289 e. The van der Waals surface area contributed by atoms with Crippen LogP contribution in [0, 0.1) is 0 Å². The number of carbonyl (C=O) groups excluding carboxylic acids is 1. The number of hydrogen-bond donors (Lipinski definition) is 2. The summed E-state index contributed by atoms with van der Waals surface area (Å²) in [5, 5.41) is 11.8. The molecule has 2 aliphatic rings. The van der Waals surface area contributed by atoms with Crippen molar-refractivity contribution in [1.29, 1.82) is 0 Å². The van der Waals surface area contributed by atoms with Gasteiger partial charge in [0, 0.05) is 6.04 Å². The summed E-state index contributed by atoms with van der Waals surface area (Å²) in [5.74, 6) is -0.0424. The molecule has 1 fully saturated rings. The lowest BCUT2D eigenvalue weighted by Crippen LogP contribution is -2.47. The minimum absolute atomic E-state index is 0.0731. The lowest BCUT2D eigenvalue weighted by atomic mass is 9.89. The largest absolute Gasteiger partial charge is 0.494 e. The molecule has 1 amide bonds. The molecule has 2 rings (SSSR count). The molecule has 5 nitrogen and oxygen atoms in total. The van der Waals surface area contributed by atoms with Crippen LogP contribution in [0.3, 0.4) is 0 Å². The Hall–Kier alpha value is -1.23. The second-order valence-corrected chi connectivity index (χ2v) is 3.50. The van der Waals surface area contributed by atoms with Crippen LogP contribution < -0.4 is 5.32 Å². The van der Waals surface area contributed by atoms with Crippen molar-refractivity contribution in [3.63, 3.8) is 0 Å². The number of carbonyl (C=O) groups is 1. The van der Waals surface area contributed by atoms with E-state index in [1.54, 1.807) is 0 Å². The first-order valence-corrected chi connectivity index (χ1v) is 4.69. The maximum Gasteiger partial charge on any atom is 0.289 e. The van der Waals surface area contributed by atoms with E-state index in [1.807, 2.05) is 0 Å². The molecule has 0 saturated heterocycles. The van der Waals surface area contributed by atoms with Crippen LogP contribution in [0.15, 0.2) is 12.0 Å². The van der Waals surface area contributed by atoms with Gasteiger partial charge in [0.2, 0.25) is 5.76 Å². The van der Waals surface area contributed by atoms with Crippen molar-refractivity contribution in [2.24, 2.45) is 0 Å². The predicted octanol–water partition coefficient (Wildman–Crippen LogP) is -0.486. The molecule has 1 heterocycles. The molecule has 5 heteroatoms. The van der Waals surface area contributed by atoms with E-state index in [9.17, 15) is 4.79 Å². The number of hydrogen-bond acceptors (Lipinski definition) is 4. The third kappa shape index (κ3) is 1.98. The SMILES string of the molecule is O=C(NC1CC(O)C1)C1=COCCO1. The van der Waals surface area contributed by atoms with Crippen LogP contribution in [-0.2, 0) is 14.3 Å². The minimum atomic E-state index is -0.266. The number of rotatable bonds is 2. The van der Waals surface area contributed by atoms with Gasteiger partial charge in [-0.1, -0.05) is 0 Å². The third-order valence-corrected chi connectivity index (χ3v) is 2.32. The molecule has 1 aliphatic heterocycles. The van der Waals surface area contributed by atoms with Gasteiger partial charge in [0.15, 0.2) is 0 Å². The van der Waals surface area contributed by atoms with E-state index in [1.165, 1.54) is 6.26 Å². The van der Waals surface area contributed by atoms with Gasteiger partial charge < -0.3 is 19.9 Å². The standard InChI is InChI=1S/C9H13NO4/c11-7-3-6(4-7)10-9(12)8-5-13-1-2-14-8/h5-7,11H,1-4H2,(H,10,12). The van der Waals surface area contributed by atoms with Crippen LogP contribution in [0.25, 0.3) is 0 Å². The fourth-order valence-electron chi connectivity index (χ4n) is 1.45. The Balaban J connectivity index is 1.80. The molecule has 0 radical (unpaired) electrons. The van der Waals surface area contributed by atoms with Gasteiger partial charge in [-0.15, -0.1) is 0 Å². The van der Waals surface area contributed by atoms with Crippen LogP contribution >= 0.6 is 0 Å². The van der Waals surface area contributed by atoms with Gasteiger partial charge in [0.1, 0.15) is 19.5 Å². The van der Waals surface area contributed by atoms with Crippen LogP contribution in [0.5, 0.6) is 0 Å². The Labute approximate surface area is 81.7 Å². The highest BCUT2D eigenvalue weighted by Crippen LogP contribution is 2.19. The lowest BCUT2D eigenvalue weighted by molar-refractivity contribution is -0.124. The Morgan fingerprint density at radius 2 is 2.29 bits per heavy atom. The van der Waals surface area contributed by atoms with Gasteiger partial charge >= 0.3 is 0 Å². The Morgan fingerprint density at radius 1 is 1.50 bits per heavy atom. The number of nitrogens with one attached hydrogen (secondary N) is 1. The van der Waals surface area contributed by atoms with E-state index in [-0.39, 0.29) is 23.8 Å². The first kappa shape index (κ1) is 9.33. The van der Waals surface area contributed by atoms with E-state index in [0.29, 0.717) is 26.1 Å². The minimum Gasteiger partial charge on any atom is -0.494 e. The fraction of sp³-hybridized carbons (Fsp3) is 0.667. The summed E-state index contributed by atoms with van der Waals surface area (Å²) in [6.45, 7) is 0.894. The van der Waals surface area contributed by atoms with E-state index < -0.39 is 0 Å². The Bertz CT molecular complexity index is 258. The lowest BCUT2D eigenvalue weighted by Gasteiger charge is -2.32. The molecule has 14 heavy (non-hydrogen) atoms. The monoisotopic (exact) mass is 199 g/mol. The van der Waals surface area contributed by atoms with Gasteiger partial charge in [-0.25, -0.2) is 0 Å². The summed E-state index contributed by atoms with van der Waals surface area (Å²) in [7, 11) is 0. The van der Waals surface area contributed by atoms with E-state index in [4.69, 9.17) is 14.6 Å². The van der Waals surface area contributed by atoms with Crippen molar-refractivity contribution in [3.05, 3.63) is 12.0 Å². The highest BCUT2D eigenvalue weighted by atomic mass is 16.6. The summed E-state index contributed by atoms with van der Waals surface area (Å²) in [6.07, 6.45) is 2.31. The molecule has 2 N–H and O–H groups in total. The van der Waals surface area contributed by atoms with Gasteiger partial charge in [-0.05, 0) is 12.8 Å².